The van der Waals surface area contributed by atoms with Gasteiger partial charge in [-0.3, -0.25) is 5.01 Å². The third-order valence-corrected chi connectivity index (χ3v) is 4.23. The Balaban J connectivity index is 2.39. The van der Waals surface area contributed by atoms with Gasteiger partial charge >= 0.3 is 0 Å². The fraction of sp³-hybridized carbons (Fsp3) is 0.444. The summed E-state index contributed by atoms with van der Waals surface area (Å²) in [6, 6.07) is 5.25. The van der Waals surface area contributed by atoms with Crippen molar-refractivity contribution in [2.75, 3.05) is 16.1 Å². The molecule has 0 aliphatic rings. The number of phenols is 1. The number of hydrogen-bond acceptors (Lipinski definition) is 7. The molecule has 1 aromatic carbocycles. The number of aryl methyl sites for hydroxylation is 2. The van der Waals surface area contributed by atoms with Crippen molar-refractivity contribution in [3.63, 3.8) is 0 Å². The minimum absolute atomic E-state index is 0.171. The standard InChI is InChI=1S/C18H28N6O/c1-5-7-13(6-2)24(20)18-16(19)17(21-12(4)22-18)23-15-9-8-14(25)10-11(15)3/h8-10,13,25H,5-7,19-20H2,1-4H3,(H,21,22,23)/t13-/m0/s1. The van der Waals surface area contributed by atoms with Crippen molar-refractivity contribution in [2.45, 2.75) is 53.0 Å². The zero-order chi connectivity index (χ0) is 18.6. The Bertz CT molecular complexity index is 734. The molecule has 1 heterocycles. The van der Waals surface area contributed by atoms with Gasteiger partial charge in [0.1, 0.15) is 17.3 Å². The van der Waals surface area contributed by atoms with E-state index in [2.05, 4.69) is 29.1 Å². The SMILES string of the molecule is CCC[C@H](CC)N(N)c1nc(C)nc(Nc2ccc(O)cc2C)c1N. The number of aromatic hydroxyl groups is 1. The summed E-state index contributed by atoms with van der Waals surface area (Å²) in [5.41, 5.74) is 8.43. The molecule has 2 aromatic rings. The second-order valence-corrected chi connectivity index (χ2v) is 6.24. The minimum atomic E-state index is 0.171. The van der Waals surface area contributed by atoms with Crippen molar-refractivity contribution in [3.8, 4) is 5.75 Å². The summed E-state index contributed by atoms with van der Waals surface area (Å²) in [5, 5.41) is 14.4. The van der Waals surface area contributed by atoms with Gasteiger partial charge in [-0.1, -0.05) is 20.3 Å². The Hall–Kier alpha value is -2.54. The average Bonchev–Trinajstić information content (AvgIpc) is 2.57. The zero-order valence-electron chi connectivity index (χ0n) is 15.4. The van der Waals surface area contributed by atoms with Crippen molar-refractivity contribution in [1.82, 2.24) is 9.97 Å². The van der Waals surface area contributed by atoms with Gasteiger partial charge < -0.3 is 16.2 Å². The first kappa shape index (κ1) is 18.8. The van der Waals surface area contributed by atoms with Crippen LogP contribution in [0, 0.1) is 13.8 Å². The van der Waals surface area contributed by atoms with Crippen molar-refractivity contribution in [1.29, 1.82) is 0 Å². The molecule has 0 radical (unpaired) electrons. The molecule has 7 heteroatoms. The number of nitrogen functional groups attached to an aromatic ring is 1. The number of nitrogens with one attached hydrogen (secondary N) is 1. The Kier molecular flexibility index (Phi) is 6.03. The lowest BCUT2D eigenvalue weighted by atomic mass is 10.1. The molecule has 0 unspecified atom stereocenters. The van der Waals surface area contributed by atoms with E-state index in [0.717, 1.165) is 30.5 Å². The molecule has 2 rings (SSSR count). The van der Waals surface area contributed by atoms with Crippen molar-refractivity contribution < 1.29 is 5.11 Å². The van der Waals surface area contributed by atoms with E-state index < -0.39 is 0 Å². The van der Waals surface area contributed by atoms with E-state index in [1.54, 1.807) is 23.2 Å². The Morgan fingerprint density at radius 1 is 1.24 bits per heavy atom. The number of hydrazine groups is 1. The number of benzene rings is 1. The van der Waals surface area contributed by atoms with Crippen LogP contribution in [0.25, 0.3) is 0 Å². The van der Waals surface area contributed by atoms with Crippen LogP contribution in [-0.2, 0) is 0 Å². The highest BCUT2D eigenvalue weighted by atomic mass is 16.3. The molecule has 6 N–H and O–H groups in total. The summed E-state index contributed by atoms with van der Waals surface area (Å²) in [4.78, 5) is 8.86. The normalized spacial score (nSPS) is 12.0. The van der Waals surface area contributed by atoms with Crippen LogP contribution in [0.5, 0.6) is 5.75 Å². The number of hydrogen-bond donors (Lipinski definition) is 4. The quantitative estimate of drug-likeness (QED) is 0.346. The summed E-state index contributed by atoms with van der Waals surface area (Å²) in [5.74, 6) is 8.17. The summed E-state index contributed by atoms with van der Waals surface area (Å²) in [6.07, 6.45) is 2.91. The summed E-state index contributed by atoms with van der Waals surface area (Å²) in [6.45, 7) is 7.94. The topological polar surface area (TPSA) is 113 Å². The van der Waals surface area contributed by atoms with Crippen LogP contribution in [0.15, 0.2) is 18.2 Å². The van der Waals surface area contributed by atoms with Gasteiger partial charge in [0, 0.05) is 11.7 Å². The van der Waals surface area contributed by atoms with Crippen molar-refractivity contribution >= 4 is 23.0 Å². The maximum absolute atomic E-state index is 9.56. The maximum Gasteiger partial charge on any atom is 0.172 e. The van der Waals surface area contributed by atoms with E-state index in [1.165, 1.54) is 0 Å². The molecule has 25 heavy (non-hydrogen) atoms. The van der Waals surface area contributed by atoms with Crippen LogP contribution >= 0.6 is 0 Å². The molecule has 0 amide bonds. The lowest BCUT2D eigenvalue weighted by Crippen LogP contribution is -2.42. The molecule has 0 spiro atoms. The predicted molar refractivity (Wildman–Crippen MR) is 103 cm³/mol. The number of nitrogens with zero attached hydrogens (tertiary/aromatic N) is 3. The predicted octanol–water partition coefficient (Wildman–Crippen LogP) is 3.38. The lowest BCUT2D eigenvalue weighted by molar-refractivity contribution is 0.475. The van der Waals surface area contributed by atoms with E-state index in [4.69, 9.17) is 11.6 Å². The first-order valence-electron chi connectivity index (χ1n) is 8.62. The Morgan fingerprint density at radius 2 is 1.96 bits per heavy atom. The fourth-order valence-electron chi connectivity index (χ4n) is 2.82. The van der Waals surface area contributed by atoms with Crippen molar-refractivity contribution in [2.24, 2.45) is 5.84 Å². The first-order chi connectivity index (χ1) is 11.9. The second kappa shape index (κ2) is 8.02. The molecule has 0 fully saturated rings. The second-order valence-electron chi connectivity index (χ2n) is 6.24. The van der Waals surface area contributed by atoms with Gasteiger partial charge in [0.2, 0.25) is 0 Å². The largest absolute Gasteiger partial charge is 0.508 e. The van der Waals surface area contributed by atoms with Gasteiger partial charge in [0.05, 0.1) is 0 Å². The molecule has 0 aliphatic heterocycles. The molecule has 0 saturated carbocycles. The van der Waals surface area contributed by atoms with Gasteiger partial charge in [0.15, 0.2) is 11.6 Å². The van der Waals surface area contributed by atoms with Crippen LogP contribution in [0.1, 0.15) is 44.5 Å². The van der Waals surface area contributed by atoms with Gasteiger partial charge in [-0.15, -0.1) is 0 Å². The monoisotopic (exact) mass is 344 g/mol. The zero-order valence-corrected chi connectivity index (χ0v) is 15.4. The van der Waals surface area contributed by atoms with Gasteiger partial charge in [-0.25, -0.2) is 15.8 Å². The average molecular weight is 344 g/mol. The van der Waals surface area contributed by atoms with Crippen molar-refractivity contribution in [3.05, 3.63) is 29.6 Å². The van der Waals surface area contributed by atoms with Crippen LogP contribution in [0.4, 0.5) is 23.0 Å². The first-order valence-corrected chi connectivity index (χ1v) is 8.62. The van der Waals surface area contributed by atoms with Gasteiger partial charge in [-0.2, -0.15) is 0 Å². The molecular formula is C18H28N6O. The van der Waals surface area contributed by atoms with E-state index >= 15 is 0 Å². The summed E-state index contributed by atoms with van der Waals surface area (Å²) in [7, 11) is 0. The molecule has 0 aliphatic carbocycles. The molecule has 136 valence electrons. The highest BCUT2D eigenvalue weighted by Gasteiger charge is 2.20. The third kappa shape index (κ3) is 4.30. The summed E-state index contributed by atoms with van der Waals surface area (Å²) < 4.78 is 0. The van der Waals surface area contributed by atoms with E-state index in [9.17, 15) is 5.11 Å². The number of aromatic nitrogens is 2. The van der Waals surface area contributed by atoms with Gasteiger partial charge in [-0.05, 0) is 50.5 Å². The van der Waals surface area contributed by atoms with Crippen LogP contribution in [0.2, 0.25) is 0 Å². The van der Waals surface area contributed by atoms with E-state index in [1.807, 2.05) is 13.8 Å². The Labute approximate surface area is 149 Å². The smallest absolute Gasteiger partial charge is 0.172 e. The number of nitrogens with two attached hydrogens (primary N) is 2. The molecule has 1 atom stereocenters. The number of rotatable bonds is 7. The van der Waals surface area contributed by atoms with Gasteiger partial charge in [0.25, 0.3) is 0 Å². The molecule has 1 aromatic heterocycles. The maximum atomic E-state index is 9.56. The third-order valence-electron chi connectivity index (χ3n) is 4.23. The van der Waals surface area contributed by atoms with Crippen LogP contribution in [0.3, 0.4) is 0 Å². The van der Waals surface area contributed by atoms with E-state index in [-0.39, 0.29) is 11.8 Å². The van der Waals surface area contributed by atoms with Crippen LogP contribution in [-0.4, -0.2) is 21.1 Å². The minimum Gasteiger partial charge on any atom is -0.508 e. The van der Waals surface area contributed by atoms with E-state index in [0.29, 0.717) is 23.1 Å². The molecule has 7 nitrogen and oxygen atoms in total. The highest BCUT2D eigenvalue weighted by molar-refractivity contribution is 5.79. The lowest BCUT2D eigenvalue weighted by Gasteiger charge is -2.29. The molecule has 0 saturated heterocycles. The molecule has 0 bridgehead atoms. The van der Waals surface area contributed by atoms with Crippen LogP contribution < -0.4 is 21.9 Å². The number of anilines is 4. The summed E-state index contributed by atoms with van der Waals surface area (Å²) >= 11 is 0. The number of phenolic OH excluding ortho intramolecular Hbond substituents is 1. The fourth-order valence-corrected chi connectivity index (χ4v) is 2.82. The Morgan fingerprint density at radius 3 is 2.56 bits per heavy atom. The highest BCUT2D eigenvalue weighted by Crippen LogP contribution is 2.31. The molecular weight excluding hydrogens is 316 g/mol.